The number of hydrogen-bond acceptors (Lipinski definition) is 3. The first kappa shape index (κ1) is 21.5. The second-order valence-corrected chi connectivity index (χ2v) is 7.74. The van der Waals surface area contributed by atoms with Gasteiger partial charge in [0, 0.05) is 6.08 Å². The number of hydrogen-bond donors (Lipinski definition) is 0. The van der Waals surface area contributed by atoms with Crippen molar-refractivity contribution in [1.29, 1.82) is 0 Å². The van der Waals surface area contributed by atoms with Crippen LogP contribution in [-0.2, 0) is 9.53 Å². The molecule has 150 valence electrons. The molecule has 3 heteroatoms. The Morgan fingerprint density at radius 2 is 1.70 bits per heavy atom. The van der Waals surface area contributed by atoms with E-state index in [1.54, 1.807) is 6.08 Å². The zero-order valence-corrected chi connectivity index (χ0v) is 17.1. The van der Waals surface area contributed by atoms with Gasteiger partial charge < -0.3 is 9.47 Å². The number of esters is 1. The monoisotopic (exact) mass is 372 g/mol. The highest BCUT2D eigenvalue weighted by Gasteiger charge is 2.20. The standard InChI is InChI=1S/C24H36O3/c1-3-5-6-7-18-26-24(25)17-14-21-12-15-23(16-13-21)27-19-22-10-8-20(4-2)9-11-22/h12-17,20,22H,3-11,18-19H2,1-2H3. The van der Waals surface area contributed by atoms with Crippen molar-refractivity contribution < 1.29 is 14.3 Å². The summed E-state index contributed by atoms with van der Waals surface area (Å²) in [4.78, 5) is 11.7. The Morgan fingerprint density at radius 1 is 1.00 bits per heavy atom. The number of rotatable bonds is 11. The first-order valence-electron chi connectivity index (χ1n) is 10.8. The predicted octanol–water partition coefficient (Wildman–Crippen LogP) is 6.42. The second-order valence-electron chi connectivity index (χ2n) is 7.74. The summed E-state index contributed by atoms with van der Waals surface area (Å²) in [6.45, 7) is 5.79. The zero-order valence-electron chi connectivity index (χ0n) is 17.1. The predicted molar refractivity (Wildman–Crippen MR) is 112 cm³/mol. The fourth-order valence-electron chi connectivity index (χ4n) is 3.61. The summed E-state index contributed by atoms with van der Waals surface area (Å²) in [6.07, 6.45) is 14.3. The molecule has 0 saturated heterocycles. The average Bonchev–Trinajstić information content (AvgIpc) is 2.71. The molecule has 0 atom stereocenters. The number of ether oxygens (including phenoxy) is 2. The Morgan fingerprint density at radius 3 is 2.37 bits per heavy atom. The molecule has 2 rings (SSSR count). The number of carbonyl (C=O) groups is 1. The molecule has 1 aliphatic rings. The Bertz CT molecular complexity index is 553. The lowest BCUT2D eigenvalue weighted by Crippen LogP contribution is -2.19. The molecule has 1 saturated carbocycles. The van der Waals surface area contributed by atoms with Crippen LogP contribution in [-0.4, -0.2) is 19.2 Å². The van der Waals surface area contributed by atoms with Crippen molar-refractivity contribution in [3.8, 4) is 5.75 Å². The Balaban J connectivity index is 1.66. The highest BCUT2D eigenvalue weighted by atomic mass is 16.5. The molecule has 1 aromatic carbocycles. The fourth-order valence-corrected chi connectivity index (χ4v) is 3.61. The van der Waals surface area contributed by atoms with Gasteiger partial charge in [0.1, 0.15) is 5.75 Å². The normalized spacial score (nSPS) is 19.9. The molecular weight excluding hydrogens is 336 g/mol. The van der Waals surface area contributed by atoms with E-state index in [0.29, 0.717) is 12.5 Å². The van der Waals surface area contributed by atoms with Gasteiger partial charge in [-0.1, -0.05) is 64.5 Å². The van der Waals surface area contributed by atoms with Crippen molar-refractivity contribution in [2.24, 2.45) is 11.8 Å². The molecule has 0 bridgehead atoms. The number of unbranched alkanes of at least 4 members (excludes halogenated alkanes) is 3. The molecular formula is C24H36O3. The Kier molecular flexibility index (Phi) is 10.0. The van der Waals surface area contributed by atoms with E-state index in [1.807, 2.05) is 24.3 Å². The summed E-state index contributed by atoms with van der Waals surface area (Å²) in [5.74, 6) is 2.26. The van der Waals surface area contributed by atoms with E-state index in [1.165, 1.54) is 51.0 Å². The Hall–Kier alpha value is -1.77. The summed E-state index contributed by atoms with van der Waals surface area (Å²) < 4.78 is 11.2. The van der Waals surface area contributed by atoms with Crippen LogP contribution in [0.25, 0.3) is 6.08 Å². The summed E-state index contributed by atoms with van der Waals surface area (Å²) in [5.41, 5.74) is 0.980. The van der Waals surface area contributed by atoms with E-state index in [9.17, 15) is 4.79 Å². The van der Waals surface area contributed by atoms with E-state index >= 15 is 0 Å². The van der Waals surface area contributed by atoms with Gasteiger partial charge >= 0.3 is 5.97 Å². The first-order valence-corrected chi connectivity index (χ1v) is 10.8. The van der Waals surface area contributed by atoms with E-state index < -0.39 is 0 Å². The zero-order chi connectivity index (χ0) is 19.3. The van der Waals surface area contributed by atoms with E-state index in [2.05, 4.69) is 13.8 Å². The fraction of sp³-hybridized carbons (Fsp3) is 0.625. The van der Waals surface area contributed by atoms with Crippen molar-refractivity contribution in [2.75, 3.05) is 13.2 Å². The van der Waals surface area contributed by atoms with Gasteiger partial charge in [-0.2, -0.15) is 0 Å². The lowest BCUT2D eigenvalue weighted by atomic mass is 9.81. The molecule has 1 aliphatic carbocycles. The van der Waals surface area contributed by atoms with Crippen LogP contribution in [0, 0.1) is 11.8 Å². The molecule has 0 spiro atoms. The molecule has 3 nitrogen and oxygen atoms in total. The van der Waals surface area contributed by atoms with Crippen molar-refractivity contribution in [1.82, 2.24) is 0 Å². The van der Waals surface area contributed by atoms with Gasteiger partial charge in [-0.05, 0) is 54.9 Å². The number of benzene rings is 1. The maximum atomic E-state index is 11.7. The van der Waals surface area contributed by atoms with Crippen molar-refractivity contribution in [3.63, 3.8) is 0 Å². The first-order chi connectivity index (χ1) is 13.2. The van der Waals surface area contributed by atoms with Crippen LogP contribution in [0.15, 0.2) is 30.3 Å². The van der Waals surface area contributed by atoms with Crippen LogP contribution in [0.4, 0.5) is 0 Å². The van der Waals surface area contributed by atoms with Crippen molar-refractivity contribution >= 4 is 12.0 Å². The summed E-state index contributed by atoms with van der Waals surface area (Å²) >= 11 is 0. The smallest absolute Gasteiger partial charge is 0.330 e. The van der Waals surface area contributed by atoms with Gasteiger partial charge in [0.15, 0.2) is 0 Å². The van der Waals surface area contributed by atoms with Crippen molar-refractivity contribution in [3.05, 3.63) is 35.9 Å². The SMILES string of the molecule is CCCCCCOC(=O)C=Cc1ccc(OCC2CCC(CC)CC2)cc1. The summed E-state index contributed by atoms with van der Waals surface area (Å²) in [7, 11) is 0. The molecule has 1 aromatic rings. The molecule has 0 amide bonds. The lowest BCUT2D eigenvalue weighted by Gasteiger charge is -2.27. The van der Waals surface area contributed by atoms with Crippen molar-refractivity contribution in [2.45, 2.75) is 71.6 Å². The second kappa shape index (κ2) is 12.6. The van der Waals surface area contributed by atoms with E-state index in [-0.39, 0.29) is 5.97 Å². The third-order valence-electron chi connectivity index (χ3n) is 5.56. The maximum absolute atomic E-state index is 11.7. The summed E-state index contributed by atoms with van der Waals surface area (Å²) in [5, 5.41) is 0. The van der Waals surface area contributed by atoms with Gasteiger partial charge in [-0.15, -0.1) is 0 Å². The van der Waals surface area contributed by atoms with Crippen LogP contribution in [0.1, 0.15) is 77.2 Å². The van der Waals surface area contributed by atoms with Gasteiger partial charge in [0.05, 0.1) is 13.2 Å². The van der Waals surface area contributed by atoms with Gasteiger partial charge in [0.2, 0.25) is 0 Å². The summed E-state index contributed by atoms with van der Waals surface area (Å²) in [6, 6.07) is 7.92. The molecule has 1 fully saturated rings. The van der Waals surface area contributed by atoms with E-state index in [4.69, 9.17) is 9.47 Å². The van der Waals surface area contributed by atoms with Crippen LogP contribution >= 0.6 is 0 Å². The third kappa shape index (κ3) is 8.64. The van der Waals surface area contributed by atoms with Gasteiger partial charge in [-0.25, -0.2) is 4.79 Å². The third-order valence-corrected chi connectivity index (χ3v) is 5.56. The van der Waals surface area contributed by atoms with Gasteiger partial charge in [0.25, 0.3) is 0 Å². The topological polar surface area (TPSA) is 35.5 Å². The van der Waals surface area contributed by atoms with Gasteiger partial charge in [-0.3, -0.25) is 0 Å². The molecule has 27 heavy (non-hydrogen) atoms. The molecule has 0 heterocycles. The van der Waals surface area contributed by atoms with Crippen LogP contribution in [0.2, 0.25) is 0 Å². The van der Waals surface area contributed by atoms with E-state index in [0.717, 1.165) is 36.7 Å². The minimum atomic E-state index is -0.269. The molecule has 0 N–H and O–H groups in total. The molecule has 0 radical (unpaired) electrons. The largest absolute Gasteiger partial charge is 0.493 e. The van der Waals surface area contributed by atoms with Crippen LogP contribution in [0.3, 0.4) is 0 Å². The Labute approximate surface area is 165 Å². The lowest BCUT2D eigenvalue weighted by molar-refractivity contribution is -0.137. The molecule has 0 aliphatic heterocycles. The maximum Gasteiger partial charge on any atom is 0.330 e. The van der Waals surface area contributed by atoms with Crippen LogP contribution < -0.4 is 4.74 Å². The molecule has 0 aromatic heterocycles. The van der Waals surface area contributed by atoms with Crippen LogP contribution in [0.5, 0.6) is 5.75 Å². The minimum absolute atomic E-state index is 0.269. The quantitative estimate of drug-likeness (QED) is 0.255. The minimum Gasteiger partial charge on any atom is -0.493 e. The average molecular weight is 373 g/mol. The molecule has 0 unspecified atom stereocenters. The number of carbonyl (C=O) groups excluding carboxylic acids is 1. The highest BCUT2D eigenvalue weighted by Crippen LogP contribution is 2.31. The highest BCUT2D eigenvalue weighted by molar-refractivity contribution is 5.87.